The van der Waals surface area contributed by atoms with E-state index < -0.39 is 0 Å². The first-order chi connectivity index (χ1) is 9.15. The SMILES string of the molecule is Cn1ncc(C#N)c1NC(=O)c1ccc(C#N)cc1. The van der Waals surface area contributed by atoms with Crippen LogP contribution in [-0.2, 0) is 7.05 Å². The number of hydrogen-bond donors (Lipinski definition) is 1. The van der Waals surface area contributed by atoms with Crippen LogP contribution in [0.3, 0.4) is 0 Å². The van der Waals surface area contributed by atoms with Gasteiger partial charge >= 0.3 is 0 Å². The topological polar surface area (TPSA) is 94.5 Å². The van der Waals surface area contributed by atoms with Gasteiger partial charge in [-0.05, 0) is 24.3 Å². The Bertz CT molecular complexity index is 700. The van der Waals surface area contributed by atoms with Crippen LogP contribution >= 0.6 is 0 Å². The fourth-order valence-electron chi connectivity index (χ4n) is 1.54. The van der Waals surface area contributed by atoms with Crippen molar-refractivity contribution in [3.05, 3.63) is 47.2 Å². The van der Waals surface area contributed by atoms with Crippen molar-refractivity contribution in [2.75, 3.05) is 5.32 Å². The van der Waals surface area contributed by atoms with E-state index in [4.69, 9.17) is 10.5 Å². The van der Waals surface area contributed by atoms with Gasteiger partial charge < -0.3 is 5.32 Å². The lowest BCUT2D eigenvalue weighted by molar-refractivity contribution is 0.102. The Morgan fingerprint density at radius 3 is 2.53 bits per heavy atom. The van der Waals surface area contributed by atoms with E-state index in [1.165, 1.54) is 10.9 Å². The van der Waals surface area contributed by atoms with Crippen LogP contribution in [0.5, 0.6) is 0 Å². The lowest BCUT2D eigenvalue weighted by atomic mass is 10.1. The number of carbonyl (C=O) groups excluding carboxylic acids is 1. The predicted octanol–water partition coefficient (Wildman–Crippen LogP) is 1.42. The molecule has 0 radical (unpaired) electrons. The fraction of sp³-hybridized carbons (Fsp3) is 0.0769. The van der Waals surface area contributed by atoms with Crippen molar-refractivity contribution in [3.63, 3.8) is 0 Å². The predicted molar refractivity (Wildman–Crippen MR) is 67.0 cm³/mol. The van der Waals surface area contributed by atoms with E-state index in [9.17, 15) is 4.79 Å². The van der Waals surface area contributed by atoms with E-state index in [2.05, 4.69) is 10.4 Å². The molecule has 0 aliphatic carbocycles. The molecule has 0 aliphatic heterocycles. The Kier molecular flexibility index (Phi) is 3.26. The van der Waals surface area contributed by atoms with Gasteiger partial charge in [-0.3, -0.25) is 9.48 Å². The van der Waals surface area contributed by atoms with Gasteiger partial charge in [0.2, 0.25) is 0 Å². The summed E-state index contributed by atoms with van der Waals surface area (Å²) in [6, 6.07) is 10.1. The number of hydrogen-bond acceptors (Lipinski definition) is 4. The number of nitrogens with one attached hydrogen (secondary N) is 1. The van der Waals surface area contributed by atoms with Crippen molar-refractivity contribution in [1.29, 1.82) is 10.5 Å². The third-order valence-corrected chi connectivity index (χ3v) is 2.57. The number of rotatable bonds is 2. The second kappa shape index (κ2) is 5.03. The monoisotopic (exact) mass is 251 g/mol. The molecule has 0 bridgehead atoms. The minimum atomic E-state index is -0.357. The van der Waals surface area contributed by atoms with E-state index in [-0.39, 0.29) is 5.91 Å². The van der Waals surface area contributed by atoms with Gasteiger partial charge in [-0.15, -0.1) is 0 Å². The van der Waals surface area contributed by atoms with Crippen molar-refractivity contribution < 1.29 is 4.79 Å². The molecule has 6 heteroatoms. The maximum atomic E-state index is 12.0. The molecular formula is C13H9N5O. The highest BCUT2D eigenvalue weighted by molar-refractivity contribution is 6.04. The summed E-state index contributed by atoms with van der Waals surface area (Å²) in [4.78, 5) is 12.0. The van der Waals surface area contributed by atoms with Crippen molar-refractivity contribution in [3.8, 4) is 12.1 Å². The van der Waals surface area contributed by atoms with Crippen molar-refractivity contribution in [2.24, 2.45) is 7.05 Å². The molecule has 0 saturated heterocycles. The molecule has 2 aromatic rings. The summed E-state index contributed by atoms with van der Waals surface area (Å²) in [5, 5.41) is 24.1. The van der Waals surface area contributed by atoms with Gasteiger partial charge in [0, 0.05) is 12.6 Å². The summed E-state index contributed by atoms with van der Waals surface area (Å²) in [5.74, 6) is -0.0125. The highest BCUT2D eigenvalue weighted by Gasteiger charge is 2.12. The maximum Gasteiger partial charge on any atom is 0.256 e. The molecule has 0 fully saturated rings. The number of aryl methyl sites for hydroxylation is 1. The van der Waals surface area contributed by atoms with Crippen LogP contribution in [0.2, 0.25) is 0 Å². The molecule has 0 aliphatic rings. The van der Waals surface area contributed by atoms with Gasteiger partial charge in [-0.1, -0.05) is 0 Å². The Morgan fingerprint density at radius 1 is 1.26 bits per heavy atom. The van der Waals surface area contributed by atoms with Gasteiger partial charge in [0.1, 0.15) is 17.5 Å². The number of aromatic nitrogens is 2. The van der Waals surface area contributed by atoms with Crippen LogP contribution in [0.4, 0.5) is 5.82 Å². The molecule has 1 heterocycles. The fourth-order valence-corrected chi connectivity index (χ4v) is 1.54. The maximum absolute atomic E-state index is 12.0. The largest absolute Gasteiger partial charge is 0.306 e. The Labute approximate surface area is 109 Å². The van der Waals surface area contributed by atoms with Crippen molar-refractivity contribution in [2.45, 2.75) is 0 Å². The van der Waals surface area contributed by atoms with Gasteiger partial charge in [0.15, 0.2) is 0 Å². The average Bonchev–Trinajstić information content (AvgIpc) is 2.79. The van der Waals surface area contributed by atoms with Crippen molar-refractivity contribution >= 4 is 11.7 Å². The van der Waals surface area contributed by atoms with E-state index in [0.717, 1.165) is 0 Å². The third kappa shape index (κ3) is 2.43. The number of nitrogens with zero attached hydrogens (tertiary/aromatic N) is 4. The first-order valence-electron chi connectivity index (χ1n) is 5.39. The molecule has 1 aromatic carbocycles. The van der Waals surface area contributed by atoms with Gasteiger partial charge in [0.25, 0.3) is 5.91 Å². The molecule has 1 N–H and O–H groups in total. The number of amides is 1. The molecule has 1 amide bonds. The number of carbonyl (C=O) groups is 1. The number of anilines is 1. The summed E-state index contributed by atoms with van der Waals surface area (Å²) < 4.78 is 1.42. The van der Waals surface area contributed by atoms with E-state index in [0.29, 0.717) is 22.5 Å². The zero-order valence-corrected chi connectivity index (χ0v) is 10.1. The van der Waals surface area contributed by atoms with Gasteiger partial charge in [-0.2, -0.15) is 15.6 Å². The minimum absolute atomic E-state index is 0.296. The quantitative estimate of drug-likeness (QED) is 0.873. The summed E-state index contributed by atoms with van der Waals surface area (Å²) in [6.07, 6.45) is 1.38. The molecule has 1 aromatic heterocycles. The summed E-state index contributed by atoms with van der Waals surface area (Å²) in [5.41, 5.74) is 1.18. The molecule has 19 heavy (non-hydrogen) atoms. The highest BCUT2D eigenvalue weighted by Crippen LogP contribution is 2.14. The zero-order chi connectivity index (χ0) is 13.8. The first-order valence-corrected chi connectivity index (χ1v) is 5.39. The van der Waals surface area contributed by atoms with Gasteiger partial charge in [0.05, 0.1) is 17.8 Å². The van der Waals surface area contributed by atoms with E-state index >= 15 is 0 Å². The first kappa shape index (κ1) is 12.3. The normalized spacial score (nSPS) is 9.42. The summed E-state index contributed by atoms with van der Waals surface area (Å²) in [7, 11) is 1.63. The van der Waals surface area contributed by atoms with Crippen LogP contribution in [0.1, 0.15) is 21.5 Å². The highest BCUT2D eigenvalue weighted by atomic mass is 16.1. The van der Waals surface area contributed by atoms with Crippen LogP contribution in [0.25, 0.3) is 0 Å². The van der Waals surface area contributed by atoms with Crippen LogP contribution in [0, 0.1) is 22.7 Å². The molecule has 6 nitrogen and oxygen atoms in total. The Morgan fingerprint density at radius 2 is 1.95 bits per heavy atom. The Hall–Kier alpha value is -3.12. The second-order valence-electron chi connectivity index (χ2n) is 3.79. The summed E-state index contributed by atoms with van der Waals surface area (Å²) >= 11 is 0. The summed E-state index contributed by atoms with van der Waals surface area (Å²) in [6.45, 7) is 0. The lowest BCUT2D eigenvalue weighted by Gasteiger charge is -2.05. The van der Waals surface area contributed by atoms with E-state index in [1.807, 2.05) is 12.1 Å². The molecule has 0 atom stereocenters. The van der Waals surface area contributed by atoms with Crippen LogP contribution in [-0.4, -0.2) is 15.7 Å². The van der Waals surface area contributed by atoms with Gasteiger partial charge in [-0.25, -0.2) is 0 Å². The lowest BCUT2D eigenvalue weighted by Crippen LogP contribution is -2.15. The molecular weight excluding hydrogens is 242 g/mol. The van der Waals surface area contributed by atoms with Crippen molar-refractivity contribution in [1.82, 2.24) is 9.78 Å². The molecule has 0 unspecified atom stereocenters. The standard InChI is InChI=1S/C13H9N5O/c1-18-12(11(7-15)8-16-18)17-13(19)10-4-2-9(6-14)3-5-10/h2-5,8H,1H3,(H,17,19). The smallest absolute Gasteiger partial charge is 0.256 e. The number of benzene rings is 1. The Balaban J connectivity index is 2.24. The second-order valence-corrected chi connectivity index (χ2v) is 3.79. The molecule has 92 valence electrons. The molecule has 0 saturated carbocycles. The minimum Gasteiger partial charge on any atom is -0.306 e. The third-order valence-electron chi connectivity index (χ3n) is 2.57. The molecule has 0 spiro atoms. The molecule has 2 rings (SSSR count). The average molecular weight is 251 g/mol. The zero-order valence-electron chi connectivity index (χ0n) is 10.1. The van der Waals surface area contributed by atoms with E-state index in [1.54, 1.807) is 31.3 Å². The van der Waals surface area contributed by atoms with Crippen LogP contribution < -0.4 is 5.32 Å². The number of nitriles is 2. The van der Waals surface area contributed by atoms with Crippen LogP contribution in [0.15, 0.2) is 30.5 Å².